The first-order chi connectivity index (χ1) is 14.5. The van der Waals surface area contributed by atoms with Gasteiger partial charge in [0.25, 0.3) is 0 Å². The number of hydrogen-bond acceptors (Lipinski definition) is 6. The second-order valence-electron chi connectivity index (χ2n) is 7.43. The van der Waals surface area contributed by atoms with Gasteiger partial charge in [-0.15, -0.1) is 5.10 Å². The quantitative estimate of drug-likeness (QED) is 0.414. The standard InChI is InChI=1S/C20H22ClF3N6O/c1-10(2)17-14(8-27-9-28-17)13-5-4-12(20(22,23)24)7-15(13)31-16-6-11(3)18(25)30(29-16)19(21)26/h4-8,10,17,25-28H,9H2,1-3H3. The Kier molecular flexibility index (Phi) is 6.42. The molecule has 2 aromatic rings. The Morgan fingerprint density at radius 1 is 1.32 bits per heavy atom. The van der Waals surface area contributed by atoms with Gasteiger partial charge in [-0.2, -0.15) is 17.9 Å². The first-order valence-electron chi connectivity index (χ1n) is 9.45. The van der Waals surface area contributed by atoms with Crippen molar-refractivity contribution in [1.82, 2.24) is 20.4 Å². The summed E-state index contributed by atoms with van der Waals surface area (Å²) >= 11 is 5.68. The lowest BCUT2D eigenvalue weighted by atomic mass is 9.89. The number of alkyl halides is 3. The van der Waals surface area contributed by atoms with Crippen LogP contribution in [0.4, 0.5) is 13.2 Å². The zero-order chi connectivity index (χ0) is 22.9. The van der Waals surface area contributed by atoms with Gasteiger partial charge in [-0.05, 0) is 47.7 Å². The first kappa shape index (κ1) is 22.8. The van der Waals surface area contributed by atoms with E-state index >= 15 is 0 Å². The number of nitrogens with one attached hydrogen (secondary N) is 4. The maximum absolute atomic E-state index is 13.4. The highest BCUT2D eigenvalue weighted by atomic mass is 35.5. The van der Waals surface area contributed by atoms with Crippen LogP contribution in [-0.2, 0) is 6.18 Å². The number of aromatic nitrogens is 2. The molecular formula is C20H22ClF3N6O. The van der Waals surface area contributed by atoms with Crippen LogP contribution in [0, 0.1) is 23.7 Å². The first-order valence-corrected chi connectivity index (χ1v) is 9.83. The molecule has 7 nitrogen and oxygen atoms in total. The van der Waals surface area contributed by atoms with E-state index in [0.717, 1.165) is 22.4 Å². The fourth-order valence-corrected chi connectivity index (χ4v) is 3.42. The number of benzene rings is 1. The summed E-state index contributed by atoms with van der Waals surface area (Å²) in [5.74, 6) is 0.0396. The summed E-state index contributed by atoms with van der Waals surface area (Å²) in [4.78, 5) is 0. The van der Waals surface area contributed by atoms with Crippen LogP contribution in [-0.4, -0.2) is 27.8 Å². The highest BCUT2D eigenvalue weighted by Gasteiger charge is 2.33. The minimum atomic E-state index is -4.56. The fourth-order valence-electron chi connectivity index (χ4n) is 3.29. The van der Waals surface area contributed by atoms with Crippen LogP contribution in [0.15, 0.2) is 30.5 Å². The van der Waals surface area contributed by atoms with E-state index in [4.69, 9.17) is 27.2 Å². The summed E-state index contributed by atoms with van der Waals surface area (Å²) in [6.45, 7) is 6.14. The van der Waals surface area contributed by atoms with E-state index in [0.29, 0.717) is 17.8 Å². The Balaban J connectivity index is 2.15. The Hall–Kier alpha value is -2.85. The molecule has 31 heavy (non-hydrogen) atoms. The number of hydrogen-bond donors (Lipinski definition) is 4. The zero-order valence-corrected chi connectivity index (χ0v) is 17.8. The SMILES string of the molecule is Cc1cc(Oc2cc(C(F)(F)F)ccc2C2=CNCNC2C(C)C)nn(C(=N)Cl)c1=N. The molecule has 1 aliphatic heterocycles. The summed E-state index contributed by atoms with van der Waals surface area (Å²) in [5, 5.41) is 25.3. The van der Waals surface area contributed by atoms with Gasteiger partial charge in [-0.3, -0.25) is 16.1 Å². The van der Waals surface area contributed by atoms with Gasteiger partial charge < -0.3 is 10.1 Å². The van der Waals surface area contributed by atoms with Gasteiger partial charge in [-0.25, -0.2) is 0 Å². The van der Waals surface area contributed by atoms with Crippen molar-refractivity contribution in [2.45, 2.75) is 33.0 Å². The van der Waals surface area contributed by atoms with Crippen LogP contribution in [0.2, 0.25) is 0 Å². The van der Waals surface area contributed by atoms with Crippen LogP contribution in [0.3, 0.4) is 0 Å². The van der Waals surface area contributed by atoms with Crippen molar-refractivity contribution < 1.29 is 17.9 Å². The van der Waals surface area contributed by atoms with Gasteiger partial charge in [0.05, 0.1) is 12.2 Å². The van der Waals surface area contributed by atoms with Crippen molar-refractivity contribution in [2.75, 3.05) is 6.67 Å². The van der Waals surface area contributed by atoms with Crippen molar-refractivity contribution in [3.05, 3.63) is 52.6 Å². The maximum atomic E-state index is 13.4. The molecule has 1 unspecified atom stereocenters. The lowest BCUT2D eigenvalue weighted by Crippen LogP contribution is -2.43. The van der Waals surface area contributed by atoms with Crippen molar-refractivity contribution in [3.63, 3.8) is 0 Å². The van der Waals surface area contributed by atoms with E-state index in [-0.39, 0.29) is 29.1 Å². The van der Waals surface area contributed by atoms with Crippen LogP contribution >= 0.6 is 11.6 Å². The zero-order valence-electron chi connectivity index (χ0n) is 17.1. The molecule has 0 radical (unpaired) electrons. The minimum Gasteiger partial charge on any atom is -0.437 e. The molecule has 4 N–H and O–H groups in total. The molecule has 0 saturated carbocycles. The van der Waals surface area contributed by atoms with E-state index in [2.05, 4.69) is 15.7 Å². The largest absolute Gasteiger partial charge is 0.437 e. The lowest BCUT2D eigenvalue weighted by Gasteiger charge is -2.30. The topological polar surface area (TPSA) is 98.8 Å². The van der Waals surface area contributed by atoms with Gasteiger partial charge in [0.15, 0.2) is 5.49 Å². The molecule has 166 valence electrons. The summed E-state index contributed by atoms with van der Waals surface area (Å²) in [7, 11) is 0. The molecule has 0 aliphatic carbocycles. The van der Waals surface area contributed by atoms with Crippen molar-refractivity contribution in [1.29, 1.82) is 10.8 Å². The summed E-state index contributed by atoms with van der Waals surface area (Å²) in [6.07, 6.45) is -2.80. The summed E-state index contributed by atoms with van der Waals surface area (Å²) < 4.78 is 46.8. The van der Waals surface area contributed by atoms with Gasteiger partial charge in [0.2, 0.25) is 11.2 Å². The second kappa shape index (κ2) is 8.72. The predicted octanol–water partition coefficient (Wildman–Crippen LogP) is 4.02. The average Bonchev–Trinajstić information content (AvgIpc) is 2.69. The molecule has 0 spiro atoms. The molecule has 1 atom stereocenters. The molecule has 0 bridgehead atoms. The molecule has 0 fully saturated rings. The third-order valence-electron chi connectivity index (χ3n) is 4.83. The highest BCUT2D eigenvalue weighted by molar-refractivity contribution is 6.64. The minimum absolute atomic E-state index is 0.0468. The number of rotatable bonds is 4. The maximum Gasteiger partial charge on any atom is 0.416 e. The van der Waals surface area contributed by atoms with Crippen molar-refractivity contribution in [2.24, 2.45) is 5.92 Å². The third kappa shape index (κ3) is 4.91. The highest BCUT2D eigenvalue weighted by Crippen LogP contribution is 2.38. The second-order valence-corrected chi connectivity index (χ2v) is 7.79. The number of aryl methyl sites for hydroxylation is 1. The monoisotopic (exact) mass is 454 g/mol. The normalized spacial score (nSPS) is 16.6. The van der Waals surface area contributed by atoms with Gasteiger partial charge in [0.1, 0.15) is 5.75 Å². The van der Waals surface area contributed by atoms with Crippen LogP contribution in [0.1, 0.15) is 30.5 Å². The van der Waals surface area contributed by atoms with E-state index < -0.39 is 17.0 Å². The third-order valence-corrected chi connectivity index (χ3v) is 4.99. The number of halogens is 4. The van der Waals surface area contributed by atoms with Crippen LogP contribution in [0.25, 0.3) is 5.57 Å². The molecule has 1 aromatic heterocycles. The molecule has 0 saturated heterocycles. The van der Waals surface area contributed by atoms with Crippen LogP contribution < -0.4 is 20.9 Å². The van der Waals surface area contributed by atoms with Gasteiger partial charge >= 0.3 is 6.18 Å². The molecule has 1 aliphatic rings. The molecule has 0 amide bonds. The summed E-state index contributed by atoms with van der Waals surface area (Å²) in [5.41, 5.74) is 0.616. The molecular weight excluding hydrogens is 433 g/mol. The molecule has 1 aromatic carbocycles. The number of ether oxygens (including phenoxy) is 1. The molecule has 3 rings (SSSR count). The predicted molar refractivity (Wildman–Crippen MR) is 111 cm³/mol. The van der Waals surface area contributed by atoms with Gasteiger partial charge in [0, 0.05) is 23.9 Å². The Bertz CT molecular complexity index is 1090. The Labute approximate surface area is 181 Å². The number of nitrogens with zero attached hydrogens (tertiary/aromatic N) is 2. The Morgan fingerprint density at radius 2 is 2.03 bits per heavy atom. The van der Waals surface area contributed by atoms with Crippen LogP contribution in [0.5, 0.6) is 11.6 Å². The molecule has 11 heteroatoms. The lowest BCUT2D eigenvalue weighted by molar-refractivity contribution is -0.137. The fraction of sp³-hybridized carbons (Fsp3) is 0.350. The Morgan fingerprint density at radius 3 is 2.65 bits per heavy atom. The smallest absolute Gasteiger partial charge is 0.416 e. The van der Waals surface area contributed by atoms with Gasteiger partial charge in [-0.1, -0.05) is 19.9 Å². The van der Waals surface area contributed by atoms with E-state index in [1.165, 1.54) is 12.1 Å². The van der Waals surface area contributed by atoms with Crippen molar-refractivity contribution >= 4 is 22.5 Å². The molecule has 2 heterocycles. The van der Waals surface area contributed by atoms with E-state index in [9.17, 15) is 13.2 Å². The van der Waals surface area contributed by atoms with E-state index in [1.54, 1.807) is 13.1 Å². The van der Waals surface area contributed by atoms with Crippen molar-refractivity contribution in [3.8, 4) is 11.6 Å². The average molecular weight is 455 g/mol. The summed E-state index contributed by atoms with van der Waals surface area (Å²) in [6, 6.07) is 4.61. The van der Waals surface area contributed by atoms with E-state index in [1.807, 2.05) is 13.8 Å².